The number of hydrogen-bond acceptors (Lipinski definition) is 3. The van der Waals surface area contributed by atoms with Gasteiger partial charge in [-0.15, -0.1) is 0 Å². The predicted octanol–water partition coefficient (Wildman–Crippen LogP) is 1.78. The summed E-state index contributed by atoms with van der Waals surface area (Å²) in [5.74, 6) is -2.82. The Morgan fingerprint density at radius 1 is 1.20 bits per heavy atom. The van der Waals surface area contributed by atoms with Crippen molar-refractivity contribution in [2.75, 3.05) is 0 Å². The monoisotopic (exact) mass is 299 g/mol. The van der Waals surface area contributed by atoms with E-state index in [0.29, 0.717) is 0 Å². The third-order valence-corrected chi connectivity index (χ3v) is 2.93. The van der Waals surface area contributed by atoms with Gasteiger partial charge in [-0.2, -0.15) is 0 Å². The molecule has 1 rings (SSSR count). The van der Waals surface area contributed by atoms with Crippen molar-refractivity contribution in [3.05, 3.63) is 34.9 Å². The van der Waals surface area contributed by atoms with Gasteiger partial charge in [0.1, 0.15) is 6.04 Å². The van der Waals surface area contributed by atoms with Gasteiger partial charge >= 0.3 is 11.9 Å². The summed E-state index contributed by atoms with van der Waals surface area (Å²) in [6.45, 7) is 0. The Morgan fingerprint density at radius 2 is 1.85 bits per heavy atom. The van der Waals surface area contributed by atoms with E-state index >= 15 is 0 Å². The van der Waals surface area contributed by atoms with Gasteiger partial charge in [-0.3, -0.25) is 9.59 Å². The number of benzene rings is 1. The van der Waals surface area contributed by atoms with Gasteiger partial charge < -0.3 is 15.5 Å². The van der Waals surface area contributed by atoms with Crippen LogP contribution in [0.15, 0.2) is 24.3 Å². The van der Waals surface area contributed by atoms with E-state index < -0.39 is 23.9 Å². The van der Waals surface area contributed by atoms with Gasteiger partial charge in [0.15, 0.2) is 0 Å². The standard InChI is InChI=1S/C13H14ClNO5/c14-9-5-2-1-4-8(9)12(18)15-10(13(19)20)6-3-7-11(16)17/h1-2,4-5,10H,3,6-7H2,(H,15,18)(H,16,17)(H,19,20)/t10-/m1/s1. The van der Waals surface area contributed by atoms with Crippen molar-refractivity contribution in [3.8, 4) is 0 Å². The lowest BCUT2D eigenvalue weighted by atomic mass is 10.1. The Balaban J connectivity index is 2.66. The third kappa shape index (κ3) is 4.89. The quantitative estimate of drug-likeness (QED) is 0.712. The second-order valence-electron chi connectivity index (χ2n) is 4.13. The first-order valence-corrected chi connectivity index (χ1v) is 6.29. The zero-order valence-corrected chi connectivity index (χ0v) is 11.3. The molecular formula is C13H14ClNO5. The van der Waals surface area contributed by atoms with E-state index in [1.165, 1.54) is 12.1 Å². The molecule has 0 saturated carbocycles. The largest absolute Gasteiger partial charge is 0.481 e. The maximum Gasteiger partial charge on any atom is 0.326 e. The van der Waals surface area contributed by atoms with Crippen molar-refractivity contribution in [2.24, 2.45) is 0 Å². The second-order valence-corrected chi connectivity index (χ2v) is 4.54. The summed E-state index contributed by atoms with van der Waals surface area (Å²) in [6.07, 6.45) is 0.0542. The summed E-state index contributed by atoms with van der Waals surface area (Å²) in [7, 11) is 0. The van der Waals surface area contributed by atoms with Crippen molar-refractivity contribution in [1.29, 1.82) is 0 Å². The predicted molar refractivity (Wildman–Crippen MR) is 71.8 cm³/mol. The molecule has 108 valence electrons. The second kappa shape index (κ2) is 7.49. The van der Waals surface area contributed by atoms with E-state index in [0.717, 1.165) is 0 Å². The normalized spacial score (nSPS) is 11.7. The molecule has 0 radical (unpaired) electrons. The molecule has 0 aliphatic rings. The van der Waals surface area contributed by atoms with Gasteiger partial charge in [-0.25, -0.2) is 4.79 Å². The average Bonchev–Trinajstić information content (AvgIpc) is 2.37. The SMILES string of the molecule is O=C(O)CCC[C@@H](NC(=O)c1ccccc1Cl)C(=O)O. The first-order valence-electron chi connectivity index (χ1n) is 5.92. The minimum absolute atomic E-state index is 0.0395. The topological polar surface area (TPSA) is 104 Å². The highest BCUT2D eigenvalue weighted by Crippen LogP contribution is 2.15. The lowest BCUT2D eigenvalue weighted by Crippen LogP contribution is -2.40. The van der Waals surface area contributed by atoms with Gasteiger partial charge in [-0.1, -0.05) is 23.7 Å². The number of hydrogen-bond donors (Lipinski definition) is 3. The van der Waals surface area contributed by atoms with E-state index in [-0.39, 0.29) is 29.8 Å². The molecule has 0 heterocycles. The van der Waals surface area contributed by atoms with Crippen LogP contribution in [0.25, 0.3) is 0 Å². The highest BCUT2D eigenvalue weighted by Gasteiger charge is 2.21. The summed E-state index contributed by atoms with van der Waals surface area (Å²) in [6, 6.07) is 5.13. The van der Waals surface area contributed by atoms with Crippen LogP contribution < -0.4 is 5.32 Å². The number of nitrogens with one attached hydrogen (secondary N) is 1. The Labute approximate surface area is 120 Å². The van der Waals surface area contributed by atoms with E-state index in [1.807, 2.05) is 0 Å². The van der Waals surface area contributed by atoms with Crippen LogP contribution >= 0.6 is 11.6 Å². The van der Waals surface area contributed by atoms with Crippen molar-refractivity contribution in [3.63, 3.8) is 0 Å². The first-order chi connectivity index (χ1) is 9.41. The minimum Gasteiger partial charge on any atom is -0.481 e. The summed E-state index contributed by atoms with van der Waals surface area (Å²) >= 11 is 5.84. The molecule has 1 aromatic rings. The molecule has 7 heteroatoms. The fourth-order valence-electron chi connectivity index (χ4n) is 1.60. The van der Waals surface area contributed by atoms with Crippen molar-refractivity contribution in [2.45, 2.75) is 25.3 Å². The van der Waals surface area contributed by atoms with Crippen LogP contribution in [-0.2, 0) is 9.59 Å². The Hall–Kier alpha value is -2.08. The van der Waals surface area contributed by atoms with Crippen LogP contribution in [0.1, 0.15) is 29.6 Å². The zero-order chi connectivity index (χ0) is 15.1. The van der Waals surface area contributed by atoms with Crippen LogP contribution in [-0.4, -0.2) is 34.1 Å². The maximum absolute atomic E-state index is 11.9. The number of rotatable bonds is 7. The molecule has 6 nitrogen and oxygen atoms in total. The lowest BCUT2D eigenvalue weighted by Gasteiger charge is -2.14. The maximum atomic E-state index is 11.9. The van der Waals surface area contributed by atoms with Crippen LogP contribution in [0.4, 0.5) is 0 Å². The Morgan fingerprint density at radius 3 is 2.40 bits per heavy atom. The van der Waals surface area contributed by atoms with E-state index in [9.17, 15) is 14.4 Å². The van der Waals surface area contributed by atoms with Gasteiger partial charge in [0.25, 0.3) is 5.91 Å². The Bertz CT molecular complexity index is 517. The Kier molecular flexibility index (Phi) is 5.99. The van der Waals surface area contributed by atoms with E-state index in [2.05, 4.69) is 5.32 Å². The summed E-state index contributed by atoms with van der Waals surface area (Å²) < 4.78 is 0. The molecule has 0 aliphatic heterocycles. The number of amides is 1. The molecule has 1 aromatic carbocycles. The molecule has 0 unspecified atom stereocenters. The highest BCUT2D eigenvalue weighted by molar-refractivity contribution is 6.33. The number of aliphatic carboxylic acids is 2. The first kappa shape index (κ1) is 16.0. The molecule has 0 aromatic heterocycles. The molecule has 0 fully saturated rings. The van der Waals surface area contributed by atoms with Crippen LogP contribution in [0.5, 0.6) is 0 Å². The van der Waals surface area contributed by atoms with Gasteiger partial charge in [-0.05, 0) is 25.0 Å². The molecule has 1 amide bonds. The number of carboxylic acids is 2. The van der Waals surface area contributed by atoms with Crippen LogP contribution in [0.2, 0.25) is 5.02 Å². The molecule has 3 N–H and O–H groups in total. The summed E-state index contributed by atoms with van der Waals surface area (Å²) in [5, 5.41) is 20.1. The zero-order valence-electron chi connectivity index (χ0n) is 10.5. The third-order valence-electron chi connectivity index (χ3n) is 2.61. The molecular weight excluding hydrogens is 286 g/mol. The van der Waals surface area contributed by atoms with Crippen LogP contribution in [0.3, 0.4) is 0 Å². The number of carbonyl (C=O) groups is 3. The molecule has 1 atom stereocenters. The molecule has 0 bridgehead atoms. The van der Waals surface area contributed by atoms with Crippen molar-refractivity contribution in [1.82, 2.24) is 5.32 Å². The smallest absolute Gasteiger partial charge is 0.326 e. The molecule has 0 aliphatic carbocycles. The number of carbonyl (C=O) groups excluding carboxylic acids is 1. The van der Waals surface area contributed by atoms with Gasteiger partial charge in [0.05, 0.1) is 10.6 Å². The summed E-state index contributed by atoms with van der Waals surface area (Å²) in [5.41, 5.74) is 0.179. The minimum atomic E-state index is -1.21. The fourth-order valence-corrected chi connectivity index (χ4v) is 1.82. The number of halogens is 1. The summed E-state index contributed by atoms with van der Waals surface area (Å²) in [4.78, 5) is 33.3. The van der Waals surface area contributed by atoms with Crippen molar-refractivity contribution < 1.29 is 24.6 Å². The van der Waals surface area contributed by atoms with Gasteiger partial charge in [0, 0.05) is 6.42 Å². The van der Waals surface area contributed by atoms with Gasteiger partial charge in [0.2, 0.25) is 0 Å². The van der Waals surface area contributed by atoms with E-state index in [4.69, 9.17) is 21.8 Å². The van der Waals surface area contributed by atoms with Crippen LogP contribution in [0, 0.1) is 0 Å². The highest BCUT2D eigenvalue weighted by atomic mass is 35.5. The van der Waals surface area contributed by atoms with Crippen molar-refractivity contribution >= 4 is 29.4 Å². The molecule has 0 spiro atoms. The fraction of sp³-hybridized carbons (Fsp3) is 0.308. The number of carboxylic acid groups (broad SMARTS) is 2. The molecule has 20 heavy (non-hydrogen) atoms. The van der Waals surface area contributed by atoms with E-state index in [1.54, 1.807) is 12.1 Å². The molecule has 0 saturated heterocycles. The average molecular weight is 300 g/mol. The lowest BCUT2D eigenvalue weighted by molar-refractivity contribution is -0.140.